The van der Waals surface area contributed by atoms with Crippen LogP contribution in [-0.4, -0.2) is 70.5 Å². The Bertz CT molecular complexity index is 1760. The highest BCUT2D eigenvalue weighted by Crippen LogP contribution is 2.28. The summed E-state index contributed by atoms with van der Waals surface area (Å²) < 4.78 is 44.1. The molecule has 0 radical (unpaired) electrons. The van der Waals surface area contributed by atoms with Crippen LogP contribution in [0.15, 0.2) is 78.6 Å². The van der Waals surface area contributed by atoms with Crippen molar-refractivity contribution in [3.8, 4) is 17.2 Å². The Balaban J connectivity index is 1.67. The number of hydrogen-bond acceptors (Lipinski definition) is 7. The van der Waals surface area contributed by atoms with E-state index in [1.54, 1.807) is 68.8 Å². The Labute approximate surface area is 250 Å². The van der Waals surface area contributed by atoms with Crippen LogP contribution in [-0.2, 0) is 21.4 Å². The molecule has 4 aromatic rings. The Morgan fingerprint density at radius 2 is 1.60 bits per heavy atom. The topological polar surface area (TPSA) is 128 Å². The number of para-hydroxylation sites is 1. The van der Waals surface area contributed by atoms with Gasteiger partial charge in [-0.25, -0.2) is 3.97 Å². The Kier molecular flexibility index (Phi) is 9.73. The maximum absolute atomic E-state index is 13.5. The van der Waals surface area contributed by atoms with E-state index < -0.39 is 22.0 Å². The molecule has 2 N–H and O–H groups in total. The SMILES string of the molecule is COc1ccc(C(=O)N/C(=C\c2cn(S(=O)(=O)N(C)C)c3ccccc23)C(=O)NCCc2ccc(OC)c(OC)c2)cc1. The molecule has 0 saturated carbocycles. The number of benzene rings is 3. The third-order valence-corrected chi connectivity index (χ3v) is 8.43. The third kappa shape index (κ3) is 6.99. The summed E-state index contributed by atoms with van der Waals surface area (Å²) in [6.07, 6.45) is 3.37. The van der Waals surface area contributed by atoms with Gasteiger partial charge in [-0.1, -0.05) is 24.3 Å². The lowest BCUT2D eigenvalue weighted by Gasteiger charge is -2.13. The van der Waals surface area contributed by atoms with Gasteiger partial charge in [0.15, 0.2) is 11.5 Å². The molecule has 1 heterocycles. The summed E-state index contributed by atoms with van der Waals surface area (Å²) in [5.74, 6) is 0.679. The molecular weight excluding hydrogens is 572 g/mol. The molecule has 43 heavy (non-hydrogen) atoms. The molecule has 0 aliphatic carbocycles. The second-order valence-electron chi connectivity index (χ2n) is 9.62. The number of rotatable bonds is 12. The van der Waals surface area contributed by atoms with E-state index >= 15 is 0 Å². The van der Waals surface area contributed by atoms with Crippen molar-refractivity contribution >= 4 is 39.0 Å². The van der Waals surface area contributed by atoms with Crippen LogP contribution >= 0.6 is 0 Å². The number of amides is 2. The van der Waals surface area contributed by atoms with Crippen LogP contribution in [0.5, 0.6) is 17.2 Å². The van der Waals surface area contributed by atoms with Gasteiger partial charge in [0.1, 0.15) is 11.4 Å². The van der Waals surface area contributed by atoms with Crippen LogP contribution in [0.3, 0.4) is 0 Å². The van der Waals surface area contributed by atoms with Crippen LogP contribution < -0.4 is 24.8 Å². The molecule has 1 aromatic heterocycles. The molecule has 0 saturated heterocycles. The predicted molar refractivity (Wildman–Crippen MR) is 165 cm³/mol. The lowest BCUT2D eigenvalue weighted by Crippen LogP contribution is -2.35. The second kappa shape index (κ2) is 13.4. The van der Waals surface area contributed by atoms with E-state index in [1.165, 1.54) is 33.5 Å². The number of nitrogens with one attached hydrogen (secondary N) is 2. The number of ether oxygens (including phenoxy) is 3. The highest BCUT2D eigenvalue weighted by molar-refractivity contribution is 7.87. The van der Waals surface area contributed by atoms with Crippen LogP contribution in [0.2, 0.25) is 0 Å². The Hall–Kier alpha value is -4.81. The van der Waals surface area contributed by atoms with Crippen LogP contribution in [0.25, 0.3) is 17.0 Å². The normalized spacial score (nSPS) is 11.8. The lowest BCUT2D eigenvalue weighted by atomic mass is 10.1. The van der Waals surface area contributed by atoms with E-state index in [0.29, 0.717) is 45.7 Å². The summed E-state index contributed by atoms with van der Waals surface area (Å²) >= 11 is 0. The van der Waals surface area contributed by atoms with Crippen LogP contribution in [0.1, 0.15) is 21.5 Å². The van der Waals surface area contributed by atoms with Crippen molar-refractivity contribution in [2.24, 2.45) is 0 Å². The molecule has 12 heteroatoms. The van der Waals surface area contributed by atoms with Gasteiger partial charge in [0, 0.05) is 43.4 Å². The van der Waals surface area contributed by atoms with E-state index in [9.17, 15) is 18.0 Å². The number of carbonyl (C=O) groups excluding carboxylic acids is 2. The number of hydrogen-bond donors (Lipinski definition) is 2. The molecule has 4 rings (SSSR count). The first kappa shape index (κ1) is 31.1. The molecule has 0 bridgehead atoms. The van der Waals surface area contributed by atoms with Gasteiger partial charge in [-0.05, 0) is 60.5 Å². The fraction of sp³-hybridized carbons (Fsp3) is 0.226. The van der Waals surface area contributed by atoms with Gasteiger partial charge >= 0.3 is 10.2 Å². The fourth-order valence-electron chi connectivity index (χ4n) is 4.36. The first-order valence-electron chi connectivity index (χ1n) is 13.3. The third-order valence-electron chi connectivity index (χ3n) is 6.71. The van der Waals surface area contributed by atoms with Crippen LogP contribution in [0, 0.1) is 0 Å². The summed E-state index contributed by atoms with van der Waals surface area (Å²) in [7, 11) is 3.63. The van der Waals surface area contributed by atoms with Crippen molar-refractivity contribution in [1.29, 1.82) is 0 Å². The predicted octanol–water partition coefficient (Wildman–Crippen LogP) is 3.45. The molecule has 0 spiro atoms. The average molecular weight is 607 g/mol. The van der Waals surface area contributed by atoms with Gasteiger partial charge in [-0.15, -0.1) is 0 Å². The fourth-order valence-corrected chi connectivity index (χ4v) is 5.37. The number of carbonyl (C=O) groups is 2. The van der Waals surface area contributed by atoms with Gasteiger partial charge in [0.2, 0.25) is 0 Å². The zero-order valence-electron chi connectivity index (χ0n) is 24.6. The first-order valence-corrected chi connectivity index (χ1v) is 14.7. The maximum Gasteiger partial charge on any atom is 0.307 e. The van der Waals surface area contributed by atoms with Gasteiger partial charge < -0.3 is 24.8 Å². The lowest BCUT2D eigenvalue weighted by molar-refractivity contribution is -0.117. The Morgan fingerprint density at radius 1 is 0.907 bits per heavy atom. The minimum Gasteiger partial charge on any atom is -0.497 e. The van der Waals surface area contributed by atoms with E-state index in [-0.39, 0.29) is 12.2 Å². The molecule has 3 aromatic carbocycles. The first-order chi connectivity index (χ1) is 20.6. The molecule has 226 valence electrons. The van der Waals surface area contributed by atoms with Crippen molar-refractivity contribution in [3.63, 3.8) is 0 Å². The molecule has 0 aliphatic rings. The number of fused-ring (bicyclic) bond motifs is 1. The molecular formula is C31H34N4O7S. The number of aromatic nitrogens is 1. The van der Waals surface area contributed by atoms with Crippen molar-refractivity contribution in [3.05, 3.63) is 95.3 Å². The molecule has 0 aliphatic heterocycles. The van der Waals surface area contributed by atoms with Gasteiger partial charge in [-0.2, -0.15) is 12.7 Å². The highest BCUT2D eigenvalue weighted by atomic mass is 32.2. The van der Waals surface area contributed by atoms with Crippen LogP contribution in [0.4, 0.5) is 0 Å². The highest BCUT2D eigenvalue weighted by Gasteiger charge is 2.22. The minimum absolute atomic E-state index is 0.0571. The minimum atomic E-state index is -3.87. The van der Waals surface area contributed by atoms with Crippen molar-refractivity contribution in [2.75, 3.05) is 42.0 Å². The molecule has 11 nitrogen and oxygen atoms in total. The summed E-state index contributed by atoms with van der Waals surface area (Å²) in [5.41, 5.74) is 2.02. The maximum atomic E-state index is 13.5. The van der Waals surface area contributed by atoms with E-state index in [4.69, 9.17) is 14.2 Å². The molecule has 0 atom stereocenters. The van der Waals surface area contributed by atoms with Crippen molar-refractivity contribution in [1.82, 2.24) is 18.9 Å². The van der Waals surface area contributed by atoms with Crippen molar-refractivity contribution < 1.29 is 32.2 Å². The summed E-state index contributed by atoms with van der Waals surface area (Å²) in [6, 6.07) is 18.8. The van der Waals surface area contributed by atoms with Gasteiger partial charge in [-0.3, -0.25) is 9.59 Å². The molecule has 2 amide bonds. The number of nitrogens with zero attached hydrogens (tertiary/aromatic N) is 2. The summed E-state index contributed by atoms with van der Waals surface area (Å²) in [6.45, 7) is 0.251. The zero-order valence-corrected chi connectivity index (χ0v) is 25.4. The van der Waals surface area contributed by atoms with E-state index in [0.717, 1.165) is 13.8 Å². The summed E-state index contributed by atoms with van der Waals surface area (Å²) in [4.78, 5) is 26.7. The smallest absolute Gasteiger partial charge is 0.307 e. The standard InChI is InChI=1S/C31H34N4O7S/c1-34(2)43(38,39)35-20-23(25-8-6-7-9-27(25)35)19-26(33-30(36)22-11-13-24(40-3)14-12-22)31(37)32-17-16-21-10-15-28(41-4)29(18-21)42-5/h6-15,18-20H,16-17H2,1-5H3,(H,32,37)(H,33,36)/b26-19-. The van der Waals surface area contributed by atoms with Gasteiger partial charge in [0.25, 0.3) is 11.8 Å². The monoisotopic (exact) mass is 606 g/mol. The Morgan fingerprint density at radius 3 is 2.26 bits per heavy atom. The quantitative estimate of drug-likeness (QED) is 0.237. The second-order valence-corrected chi connectivity index (χ2v) is 11.6. The molecule has 0 unspecified atom stereocenters. The summed E-state index contributed by atoms with van der Waals surface area (Å²) in [5, 5.41) is 6.13. The van der Waals surface area contributed by atoms with E-state index in [2.05, 4.69) is 10.6 Å². The average Bonchev–Trinajstić information content (AvgIpc) is 3.39. The van der Waals surface area contributed by atoms with Crippen molar-refractivity contribution in [2.45, 2.75) is 6.42 Å². The largest absolute Gasteiger partial charge is 0.497 e. The molecule has 0 fully saturated rings. The number of methoxy groups -OCH3 is 3. The van der Waals surface area contributed by atoms with E-state index in [1.807, 2.05) is 12.1 Å². The van der Waals surface area contributed by atoms with Gasteiger partial charge in [0.05, 0.1) is 26.8 Å². The zero-order chi connectivity index (χ0) is 31.1.